The van der Waals surface area contributed by atoms with Crippen LogP contribution in [0.5, 0.6) is 0 Å². The largest absolute Gasteiger partial charge is 0.278 e. The van der Waals surface area contributed by atoms with E-state index in [1.807, 2.05) is 25.1 Å². The molecule has 0 aliphatic rings. The molecule has 0 fully saturated rings. The van der Waals surface area contributed by atoms with E-state index in [0.717, 1.165) is 20.6 Å². The van der Waals surface area contributed by atoms with E-state index in [9.17, 15) is 0 Å². The second-order valence-electron chi connectivity index (χ2n) is 3.54. The van der Waals surface area contributed by atoms with Crippen molar-refractivity contribution in [2.45, 2.75) is 6.92 Å². The fraction of sp³-hybridized carbons (Fsp3) is 0.0833. The molecule has 0 radical (unpaired) electrons. The van der Waals surface area contributed by atoms with Gasteiger partial charge in [0.25, 0.3) is 0 Å². The summed E-state index contributed by atoms with van der Waals surface area (Å²) >= 11 is 19.1. The van der Waals surface area contributed by atoms with Gasteiger partial charge in [-0.3, -0.25) is 5.43 Å². The molecule has 1 N–H and O–H groups in total. The van der Waals surface area contributed by atoms with E-state index in [0.29, 0.717) is 10.0 Å². The Hall–Kier alpha value is -0.740. The lowest BCUT2D eigenvalue weighted by molar-refractivity contribution is 1.33. The van der Waals surface area contributed by atoms with Gasteiger partial charge in [-0.25, -0.2) is 0 Å². The van der Waals surface area contributed by atoms with Crippen LogP contribution < -0.4 is 5.43 Å². The minimum atomic E-state index is 0.494. The maximum atomic E-state index is 5.91. The number of nitrogens with one attached hydrogen (secondary N) is 1. The van der Waals surface area contributed by atoms with Crippen LogP contribution in [-0.2, 0) is 0 Å². The van der Waals surface area contributed by atoms with Gasteiger partial charge in [-0.05, 0) is 37.3 Å². The molecule has 0 bridgehead atoms. The van der Waals surface area contributed by atoms with Crippen LogP contribution in [0.15, 0.2) is 35.4 Å². The maximum absolute atomic E-state index is 5.91. The summed E-state index contributed by atoms with van der Waals surface area (Å²) in [7, 11) is 0. The Morgan fingerprint density at radius 2 is 1.89 bits per heavy atom. The Kier molecular flexibility index (Phi) is 4.51. The van der Waals surface area contributed by atoms with Crippen molar-refractivity contribution in [3.05, 3.63) is 49.6 Å². The molecule has 0 saturated heterocycles. The molecular formula is C12H9Cl3N2S. The molecule has 0 atom stereocenters. The Balaban J connectivity index is 2.12. The monoisotopic (exact) mass is 318 g/mol. The van der Waals surface area contributed by atoms with Crippen molar-refractivity contribution in [2.24, 2.45) is 5.10 Å². The van der Waals surface area contributed by atoms with E-state index in [1.54, 1.807) is 12.1 Å². The lowest BCUT2D eigenvalue weighted by Crippen LogP contribution is -1.97. The molecular weight excluding hydrogens is 311 g/mol. The van der Waals surface area contributed by atoms with Gasteiger partial charge in [-0.1, -0.05) is 34.8 Å². The van der Waals surface area contributed by atoms with Crippen molar-refractivity contribution < 1.29 is 0 Å². The van der Waals surface area contributed by atoms with Gasteiger partial charge in [-0.15, -0.1) is 11.3 Å². The summed E-state index contributed by atoms with van der Waals surface area (Å²) in [6.45, 7) is 1.91. The molecule has 0 amide bonds. The Morgan fingerprint density at radius 3 is 2.50 bits per heavy atom. The number of benzene rings is 1. The topological polar surface area (TPSA) is 24.4 Å². The van der Waals surface area contributed by atoms with Crippen molar-refractivity contribution in [3.8, 4) is 0 Å². The summed E-state index contributed by atoms with van der Waals surface area (Å²) in [4.78, 5) is 1.02. The zero-order chi connectivity index (χ0) is 13.1. The molecule has 94 valence electrons. The zero-order valence-electron chi connectivity index (χ0n) is 9.38. The second-order valence-corrected chi connectivity index (χ2v) is 6.07. The molecule has 0 saturated carbocycles. The molecule has 18 heavy (non-hydrogen) atoms. The first-order valence-corrected chi connectivity index (χ1v) is 7.02. The van der Waals surface area contributed by atoms with Gasteiger partial charge in [-0.2, -0.15) is 5.10 Å². The van der Waals surface area contributed by atoms with Crippen molar-refractivity contribution in [3.63, 3.8) is 0 Å². The number of hydrazone groups is 1. The molecule has 2 rings (SSSR count). The van der Waals surface area contributed by atoms with E-state index < -0.39 is 0 Å². The van der Waals surface area contributed by atoms with Gasteiger partial charge in [0.1, 0.15) is 0 Å². The van der Waals surface area contributed by atoms with Gasteiger partial charge >= 0.3 is 0 Å². The molecule has 0 aliphatic carbocycles. The Bertz CT molecular complexity index is 593. The lowest BCUT2D eigenvalue weighted by Gasteiger charge is -2.03. The zero-order valence-corrected chi connectivity index (χ0v) is 12.5. The lowest BCUT2D eigenvalue weighted by atomic mass is 10.3. The summed E-state index contributed by atoms with van der Waals surface area (Å²) < 4.78 is 0.745. The normalized spacial score (nSPS) is 11.7. The predicted molar refractivity (Wildman–Crippen MR) is 81.6 cm³/mol. The number of rotatable bonds is 3. The predicted octanol–water partition coefficient (Wildman–Crippen LogP) is 5.54. The summed E-state index contributed by atoms with van der Waals surface area (Å²) in [5.41, 5.74) is 4.57. The highest BCUT2D eigenvalue weighted by molar-refractivity contribution is 7.18. The quantitative estimate of drug-likeness (QED) is 0.582. The van der Waals surface area contributed by atoms with Gasteiger partial charge in [0, 0.05) is 0 Å². The molecule has 1 aromatic carbocycles. The van der Waals surface area contributed by atoms with Crippen LogP contribution in [0.4, 0.5) is 5.69 Å². The van der Waals surface area contributed by atoms with Crippen molar-refractivity contribution in [1.82, 2.24) is 0 Å². The average molecular weight is 320 g/mol. The number of anilines is 1. The summed E-state index contributed by atoms with van der Waals surface area (Å²) in [6.07, 6.45) is 0. The van der Waals surface area contributed by atoms with Gasteiger partial charge < -0.3 is 0 Å². The molecule has 0 aliphatic heterocycles. The number of nitrogens with zero attached hydrogens (tertiary/aromatic N) is 1. The number of thiophene rings is 1. The molecule has 0 unspecified atom stereocenters. The smallest absolute Gasteiger partial charge is 0.0935 e. The first-order valence-electron chi connectivity index (χ1n) is 5.07. The standard InChI is InChI=1S/C12H9Cl3N2S/c1-7(11-4-5-12(15)18-11)16-17-8-2-3-9(13)10(14)6-8/h2-6,17H,1H3/b16-7-. The molecule has 1 aromatic heterocycles. The van der Waals surface area contributed by atoms with Crippen molar-refractivity contribution in [2.75, 3.05) is 5.43 Å². The van der Waals surface area contributed by atoms with E-state index in [2.05, 4.69) is 10.5 Å². The second kappa shape index (κ2) is 5.93. The van der Waals surface area contributed by atoms with Crippen LogP contribution in [0, 0.1) is 0 Å². The third-order valence-corrected chi connectivity index (χ3v) is 4.28. The number of hydrogen-bond acceptors (Lipinski definition) is 3. The summed E-state index contributed by atoms with van der Waals surface area (Å²) in [6, 6.07) is 9.04. The van der Waals surface area contributed by atoms with Gasteiger partial charge in [0.2, 0.25) is 0 Å². The van der Waals surface area contributed by atoms with Gasteiger partial charge in [0.15, 0.2) is 0 Å². The third kappa shape index (κ3) is 3.39. The summed E-state index contributed by atoms with van der Waals surface area (Å²) in [5, 5.41) is 5.28. The van der Waals surface area contributed by atoms with Crippen LogP contribution in [0.2, 0.25) is 14.4 Å². The summed E-state index contributed by atoms with van der Waals surface area (Å²) in [5.74, 6) is 0. The van der Waals surface area contributed by atoms with E-state index in [1.165, 1.54) is 11.3 Å². The minimum Gasteiger partial charge on any atom is -0.278 e. The van der Waals surface area contributed by atoms with E-state index in [4.69, 9.17) is 34.8 Å². The highest BCUT2D eigenvalue weighted by atomic mass is 35.5. The Labute approximate surface area is 124 Å². The molecule has 2 aromatic rings. The molecule has 6 heteroatoms. The van der Waals surface area contributed by atoms with Crippen molar-refractivity contribution in [1.29, 1.82) is 0 Å². The first kappa shape index (κ1) is 13.7. The number of hydrogen-bond donors (Lipinski definition) is 1. The SMILES string of the molecule is C/C(=N/Nc1ccc(Cl)c(Cl)c1)c1ccc(Cl)s1. The van der Waals surface area contributed by atoms with Crippen LogP contribution >= 0.6 is 46.1 Å². The number of halogens is 3. The third-order valence-electron chi connectivity index (χ3n) is 2.20. The molecule has 1 heterocycles. The van der Waals surface area contributed by atoms with Crippen LogP contribution in [0.1, 0.15) is 11.8 Å². The fourth-order valence-corrected chi connectivity index (χ4v) is 2.56. The van der Waals surface area contributed by atoms with E-state index in [-0.39, 0.29) is 0 Å². The van der Waals surface area contributed by atoms with Crippen molar-refractivity contribution >= 4 is 57.5 Å². The average Bonchev–Trinajstić information content (AvgIpc) is 2.77. The minimum absolute atomic E-state index is 0.494. The van der Waals surface area contributed by atoms with Gasteiger partial charge in [0.05, 0.1) is 30.7 Å². The Morgan fingerprint density at radius 1 is 1.11 bits per heavy atom. The highest BCUT2D eigenvalue weighted by Crippen LogP contribution is 2.25. The molecule has 2 nitrogen and oxygen atoms in total. The van der Waals surface area contributed by atoms with Crippen LogP contribution in [-0.4, -0.2) is 5.71 Å². The van der Waals surface area contributed by atoms with Crippen LogP contribution in [0.3, 0.4) is 0 Å². The first-order chi connectivity index (χ1) is 8.56. The highest BCUT2D eigenvalue weighted by Gasteiger charge is 2.02. The fourth-order valence-electron chi connectivity index (χ4n) is 1.28. The maximum Gasteiger partial charge on any atom is 0.0935 e. The molecule has 0 spiro atoms. The van der Waals surface area contributed by atoms with E-state index >= 15 is 0 Å². The van der Waals surface area contributed by atoms with Crippen LogP contribution in [0.25, 0.3) is 0 Å².